The van der Waals surface area contributed by atoms with Crippen LogP contribution in [0.4, 0.5) is 5.82 Å². The third-order valence-corrected chi connectivity index (χ3v) is 5.97. The van der Waals surface area contributed by atoms with E-state index in [9.17, 15) is 13.2 Å². The molecule has 0 aliphatic heterocycles. The number of anilines is 1. The predicted molar refractivity (Wildman–Crippen MR) is 110 cm³/mol. The lowest BCUT2D eigenvalue weighted by Crippen LogP contribution is -2.27. The van der Waals surface area contributed by atoms with Crippen LogP contribution in [0, 0.1) is 6.92 Å². The normalized spacial score (nSPS) is 11.5. The largest absolute Gasteiger partial charge is 0.369 e. The first kappa shape index (κ1) is 20.2. The van der Waals surface area contributed by atoms with E-state index in [4.69, 9.17) is 5.14 Å². The summed E-state index contributed by atoms with van der Waals surface area (Å²) in [5, 5.41) is 12.1. The van der Waals surface area contributed by atoms with Crippen LogP contribution in [-0.2, 0) is 21.2 Å². The molecule has 3 rings (SSSR count). The molecule has 0 bridgehead atoms. The van der Waals surface area contributed by atoms with Crippen molar-refractivity contribution in [1.82, 2.24) is 15.3 Å². The number of hydrogen-bond acceptors (Lipinski definition) is 7. The van der Waals surface area contributed by atoms with Crippen LogP contribution in [0.2, 0.25) is 0 Å². The van der Waals surface area contributed by atoms with Crippen molar-refractivity contribution in [2.45, 2.75) is 24.7 Å². The van der Waals surface area contributed by atoms with Gasteiger partial charge in [0.25, 0.3) is 0 Å². The van der Waals surface area contributed by atoms with Crippen molar-refractivity contribution < 1.29 is 13.2 Å². The molecule has 4 N–H and O–H groups in total. The van der Waals surface area contributed by atoms with E-state index < -0.39 is 10.0 Å². The van der Waals surface area contributed by atoms with Crippen LogP contribution in [0.1, 0.15) is 16.9 Å². The molecule has 0 aliphatic carbocycles. The van der Waals surface area contributed by atoms with Crippen molar-refractivity contribution in [1.29, 1.82) is 0 Å². The van der Waals surface area contributed by atoms with Gasteiger partial charge in [0, 0.05) is 24.4 Å². The maximum absolute atomic E-state index is 12.0. The van der Waals surface area contributed by atoms with Crippen LogP contribution >= 0.6 is 11.3 Å². The van der Waals surface area contributed by atoms with Crippen LogP contribution in [-0.4, -0.2) is 37.4 Å². The summed E-state index contributed by atoms with van der Waals surface area (Å²) in [5.74, 6) is 0.664. The molecule has 10 heteroatoms. The van der Waals surface area contributed by atoms with Crippen LogP contribution < -0.4 is 15.8 Å². The highest BCUT2D eigenvalue weighted by Crippen LogP contribution is 2.27. The number of amides is 1. The fourth-order valence-corrected chi connectivity index (χ4v) is 4.05. The Morgan fingerprint density at radius 2 is 1.93 bits per heavy atom. The molecule has 2 aromatic heterocycles. The summed E-state index contributed by atoms with van der Waals surface area (Å²) < 4.78 is 22.5. The van der Waals surface area contributed by atoms with Crippen LogP contribution in [0.5, 0.6) is 0 Å². The first-order valence-electron chi connectivity index (χ1n) is 8.66. The number of thiophene rings is 1. The minimum Gasteiger partial charge on any atom is -0.369 e. The quantitative estimate of drug-likeness (QED) is 0.511. The standard InChI is InChI=1S/C18H21N5O3S2/c1-12-10-15-17(22-11-23-18(15)27-12)21-9-7-16(24)20-8-6-13-2-4-14(5-3-13)28(19,25)26/h2-5,10-11H,6-9H2,1H3,(H,20,24)(H2,19,25,26)(H,21,22,23). The van der Waals surface area contributed by atoms with Crippen LogP contribution in [0.25, 0.3) is 10.2 Å². The zero-order valence-electron chi connectivity index (χ0n) is 15.3. The molecule has 0 unspecified atom stereocenters. The Balaban J connectivity index is 1.42. The summed E-state index contributed by atoms with van der Waals surface area (Å²) in [5.41, 5.74) is 0.919. The molecule has 148 valence electrons. The molecule has 28 heavy (non-hydrogen) atoms. The summed E-state index contributed by atoms with van der Waals surface area (Å²) in [4.78, 5) is 22.6. The number of rotatable bonds is 8. The van der Waals surface area contributed by atoms with Crippen molar-refractivity contribution in [3.8, 4) is 0 Å². The van der Waals surface area contributed by atoms with Crippen LogP contribution in [0.3, 0.4) is 0 Å². The lowest BCUT2D eigenvalue weighted by Gasteiger charge is -2.08. The summed E-state index contributed by atoms with van der Waals surface area (Å²) in [6, 6.07) is 8.34. The number of aromatic nitrogens is 2. The molecule has 2 heterocycles. The average Bonchev–Trinajstić information content (AvgIpc) is 3.02. The number of hydrogen-bond donors (Lipinski definition) is 3. The number of nitrogens with zero attached hydrogens (tertiary/aromatic N) is 2. The number of nitrogens with one attached hydrogen (secondary N) is 2. The lowest BCUT2D eigenvalue weighted by molar-refractivity contribution is -0.120. The number of benzene rings is 1. The van der Waals surface area contributed by atoms with Gasteiger partial charge in [0.1, 0.15) is 17.0 Å². The number of carbonyl (C=O) groups is 1. The van der Waals surface area contributed by atoms with Gasteiger partial charge >= 0.3 is 0 Å². The zero-order valence-corrected chi connectivity index (χ0v) is 16.9. The highest BCUT2D eigenvalue weighted by Gasteiger charge is 2.08. The van der Waals surface area contributed by atoms with Crippen molar-refractivity contribution in [2.75, 3.05) is 18.4 Å². The fourth-order valence-electron chi connectivity index (χ4n) is 2.69. The smallest absolute Gasteiger partial charge is 0.238 e. The first-order chi connectivity index (χ1) is 13.3. The summed E-state index contributed by atoms with van der Waals surface area (Å²) in [6.45, 7) is 2.96. The van der Waals surface area contributed by atoms with Crippen molar-refractivity contribution in [3.05, 3.63) is 47.1 Å². The number of nitrogens with two attached hydrogens (primary N) is 1. The van der Waals surface area contributed by atoms with Crippen molar-refractivity contribution in [2.24, 2.45) is 5.14 Å². The van der Waals surface area contributed by atoms with Gasteiger partial charge < -0.3 is 10.6 Å². The van der Waals surface area contributed by atoms with Crippen LogP contribution in [0.15, 0.2) is 41.6 Å². The third kappa shape index (κ3) is 5.24. The number of fused-ring (bicyclic) bond motifs is 1. The molecule has 1 amide bonds. The molecule has 8 nitrogen and oxygen atoms in total. The van der Waals surface area contributed by atoms with E-state index in [0.717, 1.165) is 26.5 Å². The van der Waals surface area contributed by atoms with Gasteiger partial charge in [-0.25, -0.2) is 23.5 Å². The van der Waals surface area contributed by atoms with Gasteiger partial charge in [0.15, 0.2) is 0 Å². The van der Waals surface area contributed by atoms with Crippen molar-refractivity contribution >= 4 is 43.3 Å². The number of carbonyl (C=O) groups excluding carboxylic acids is 1. The maximum Gasteiger partial charge on any atom is 0.238 e. The van der Waals surface area contributed by atoms with Gasteiger partial charge in [0.2, 0.25) is 15.9 Å². The Morgan fingerprint density at radius 3 is 2.64 bits per heavy atom. The fraction of sp³-hybridized carbons (Fsp3) is 0.278. The molecular weight excluding hydrogens is 398 g/mol. The Labute approximate surface area is 167 Å². The topological polar surface area (TPSA) is 127 Å². The van der Waals surface area contributed by atoms with Gasteiger partial charge in [-0.05, 0) is 37.1 Å². The minimum absolute atomic E-state index is 0.0690. The Hall–Kier alpha value is -2.56. The molecule has 0 saturated carbocycles. The molecule has 3 aromatic rings. The SMILES string of the molecule is Cc1cc2c(NCCC(=O)NCCc3ccc(S(N)(=O)=O)cc3)ncnc2s1. The van der Waals surface area contributed by atoms with Gasteiger partial charge in [-0.2, -0.15) is 0 Å². The van der Waals surface area contributed by atoms with E-state index in [1.807, 2.05) is 13.0 Å². The molecule has 0 radical (unpaired) electrons. The number of primary sulfonamides is 1. The summed E-state index contributed by atoms with van der Waals surface area (Å²) >= 11 is 1.61. The van der Waals surface area contributed by atoms with E-state index in [0.29, 0.717) is 25.9 Å². The zero-order chi connectivity index (χ0) is 20.1. The predicted octanol–water partition coefficient (Wildman–Crippen LogP) is 1.81. The molecule has 0 aliphatic rings. The summed E-state index contributed by atoms with van der Waals surface area (Å²) in [6.07, 6.45) is 2.44. The van der Waals surface area contributed by atoms with Gasteiger partial charge in [0.05, 0.1) is 10.3 Å². The van der Waals surface area contributed by atoms with Gasteiger partial charge in [-0.1, -0.05) is 12.1 Å². The number of sulfonamides is 1. The molecule has 0 spiro atoms. The second kappa shape index (κ2) is 8.63. The highest BCUT2D eigenvalue weighted by atomic mass is 32.2. The molecule has 0 atom stereocenters. The molecule has 0 fully saturated rings. The van der Waals surface area contributed by atoms with E-state index in [1.54, 1.807) is 23.5 Å². The average molecular weight is 420 g/mol. The minimum atomic E-state index is -3.68. The Morgan fingerprint density at radius 1 is 1.18 bits per heavy atom. The number of aryl methyl sites for hydroxylation is 1. The van der Waals surface area contributed by atoms with Gasteiger partial charge in [-0.15, -0.1) is 11.3 Å². The maximum atomic E-state index is 12.0. The van der Waals surface area contributed by atoms with E-state index >= 15 is 0 Å². The highest BCUT2D eigenvalue weighted by molar-refractivity contribution is 7.89. The lowest BCUT2D eigenvalue weighted by atomic mass is 10.1. The second-order valence-corrected chi connectivity index (χ2v) is 9.06. The monoisotopic (exact) mass is 419 g/mol. The third-order valence-electron chi connectivity index (χ3n) is 4.08. The van der Waals surface area contributed by atoms with E-state index in [2.05, 4.69) is 20.6 Å². The van der Waals surface area contributed by atoms with Crippen molar-refractivity contribution in [3.63, 3.8) is 0 Å². The first-order valence-corrected chi connectivity index (χ1v) is 11.0. The Bertz CT molecular complexity index is 1080. The molecule has 0 saturated heterocycles. The molecular formula is C18H21N5O3S2. The Kier molecular flexibility index (Phi) is 6.22. The summed E-state index contributed by atoms with van der Waals surface area (Å²) in [7, 11) is -3.68. The van der Waals surface area contributed by atoms with E-state index in [-0.39, 0.29) is 10.8 Å². The van der Waals surface area contributed by atoms with E-state index in [1.165, 1.54) is 18.5 Å². The molecule has 1 aromatic carbocycles. The van der Waals surface area contributed by atoms with Gasteiger partial charge in [-0.3, -0.25) is 4.79 Å². The second-order valence-electron chi connectivity index (χ2n) is 6.26.